The van der Waals surface area contributed by atoms with E-state index in [1.807, 2.05) is 56.3 Å². The number of carbonyl (C=O) groups is 2. The van der Waals surface area contributed by atoms with Crippen LogP contribution in [0, 0.1) is 6.92 Å². The fourth-order valence-electron chi connectivity index (χ4n) is 4.82. The molecule has 1 aliphatic rings. The number of thiazole rings is 1. The van der Waals surface area contributed by atoms with Crippen molar-refractivity contribution in [3.63, 3.8) is 0 Å². The molecule has 206 valence electrons. The van der Waals surface area contributed by atoms with Gasteiger partial charge >= 0.3 is 5.91 Å². The molecule has 0 saturated carbocycles. The van der Waals surface area contributed by atoms with Crippen molar-refractivity contribution in [2.75, 3.05) is 18.1 Å². The van der Waals surface area contributed by atoms with E-state index in [4.69, 9.17) is 14.5 Å². The molecule has 1 saturated heterocycles. The average molecular weight is 557 g/mol. The average Bonchev–Trinajstić information content (AvgIpc) is 3.49. The number of fused-ring (bicyclic) bond motifs is 1. The third-order valence-corrected chi connectivity index (χ3v) is 7.83. The van der Waals surface area contributed by atoms with E-state index in [-0.39, 0.29) is 11.3 Å². The van der Waals surface area contributed by atoms with Gasteiger partial charge in [0.1, 0.15) is 17.3 Å². The predicted molar refractivity (Wildman–Crippen MR) is 158 cm³/mol. The Balaban J connectivity index is 1.62. The Morgan fingerprint density at radius 1 is 0.975 bits per heavy atom. The summed E-state index contributed by atoms with van der Waals surface area (Å²) in [4.78, 5) is 33.3. The number of aromatic nitrogens is 1. The molecule has 1 fully saturated rings. The lowest BCUT2D eigenvalue weighted by atomic mass is 9.95. The van der Waals surface area contributed by atoms with Gasteiger partial charge in [-0.2, -0.15) is 0 Å². The lowest BCUT2D eigenvalue weighted by molar-refractivity contribution is -0.132. The third-order valence-electron chi connectivity index (χ3n) is 6.81. The van der Waals surface area contributed by atoms with Gasteiger partial charge in [-0.1, -0.05) is 49.3 Å². The molecular weight excluding hydrogens is 524 g/mol. The van der Waals surface area contributed by atoms with Crippen molar-refractivity contribution < 1.29 is 24.2 Å². The summed E-state index contributed by atoms with van der Waals surface area (Å²) in [7, 11) is 0. The Morgan fingerprint density at radius 2 is 1.77 bits per heavy atom. The first-order valence-electron chi connectivity index (χ1n) is 13.6. The van der Waals surface area contributed by atoms with Gasteiger partial charge in [-0.05, 0) is 79.9 Å². The van der Waals surface area contributed by atoms with E-state index in [0.717, 1.165) is 35.0 Å². The van der Waals surface area contributed by atoms with Crippen molar-refractivity contribution >= 4 is 44.1 Å². The third kappa shape index (κ3) is 5.45. The molecule has 3 aromatic carbocycles. The molecule has 0 bridgehead atoms. The number of aryl methyl sites for hydroxylation is 1. The standard InChI is InChI=1S/C32H32N2O5S/c1-4-6-7-17-39-24-10-8-9-22(19-24)28-27(29(35)21-12-14-23(15-13-21)38-5-2)30(36)31(37)34(28)32-33-25-16-11-20(3)18-26(25)40-32/h8-16,18-19,28,35H,4-7,17H2,1-3H3. The quantitative estimate of drug-likeness (QED) is 0.0962. The molecule has 1 N–H and O–H groups in total. The Hall–Kier alpha value is -4.17. The van der Waals surface area contributed by atoms with E-state index in [1.54, 1.807) is 24.3 Å². The fraction of sp³-hybridized carbons (Fsp3) is 0.281. The zero-order valence-corrected chi connectivity index (χ0v) is 23.7. The normalized spacial score (nSPS) is 16.6. The van der Waals surface area contributed by atoms with Gasteiger partial charge in [0.15, 0.2) is 5.13 Å². The van der Waals surface area contributed by atoms with Crippen LogP contribution in [0.2, 0.25) is 0 Å². The van der Waals surface area contributed by atoms with Crippen LogP contribution in [-0.2, 0) is 9.59 Å². The number of rotatable bonds is 10. The molecule has 1 amide bonds. The van der Waals surface area contributed by atoms with Crippen LogP contribution in [0.3, 0.4) is 0 Å². The van der Waals surface area contributed by atoms with Crippen LogP contribution in [0.1, 0.15) is 55.8 Å². The second-order valence-electron chi connectivity index (χ2n) is 9.72. The Morgan fingerprint density at radius 3 is 2.52 bits per heavy atom. The minimum absolute atomic E-state index is 0.00716. The Bertz CT molecular complexity index is 1570. The highest BCUT2D eigenvalue weighted by atomic mass is 32.1. The summed E-state index contributed by atoms with van der Waals surface area (Å²) in [6.45, 7) is 7.10. The number of amides is 1. The highest BCUT2D eigenvalue weighted by Gasteiger charge is 2.48. The van der Waals surface area contributed by atoms with E-state index in [2.05, 4.69) is 6.92 Å². The molecule has 40 heavy (non-hydrogen) atoms. The lowest BCUT2D eigenvalue weighted by Gasteiger charge is -2.23. The van der Waals surface area contributed by atoms with E-state index in [1.165, 1.54) is 16.2 Å². The van der Waals surface area contributed by atoms with Crippen molar-refractivity contribution in [1.82, 2.24) is 4.98 Å². The summed E-state index contributed by atoms with van der Waals surface area (Å²) < 4.78 is 12.4. The molecule has 1 aromatic heterocycles. The minimum atomic E-state index is -0.882. The number of Topliss-reactive ketones (excluding diaryl/α,β-unsaturated/α-hetero) is 1. The number of hydrogen-bond donors (Lipinski definition) is 1. The summed E-state index contributed by atoms with van der Waals surface area (Å²) in [6, 6.07) is 19.2. The van der Waals surface area contributed by atoms with Gasteiger partial charge in [0.05, 0.1) is 35.0 Å². The molecule has 1 atom stereocenters. The highest BCUT2D eigenvalue weighted by Crippen LogP contribution is 2.45. The summed E-state index contributed by atoms with van der Waals surface area (Å²) in [5.74, 6) is -0.460. The van der Waals surface area contributed by atoms with Crippen molar-refractivity contribution in [2.45, 2.75) is 46.1 Å². The maximum atomic E-state index is 13.6. The van der Waals surface area contributed by atoms with Crippen molar-refractivity contribution in [3.05, 3.63) is 89.0 Å². The van der Waals surface area contributed by atoms with Crippen molar-refractivity contribution in [2.24, 2.45) is 0 Å². The number of aliphatic hydroxyl groups is 1. The summed E-state index contributed by atoms with van der Waals surface area (Å²) >= 11 is 1.34. The SMILES string of the molecule is CCCCCOc1cccc(C2C(=C(O)c3ccc(OCC)cc3)C(=O)C(=O)N2c2nc3ccc(C)cc3s2)c1. The van der Waals surface area contributed by atoms with Gasteiger partial charge in [0, 0.05) is 5.56 Å². The maximum absolute atomic E-state index is 13.6. The molecule has 5 rings (SSSR count). The van der Waals surface area contributed by atoms with E-state index >= 15 is 0 Å². The molecule has 2 heterocycles. The van der Waals surface area contributed by atoms with Gasteiger partial charge in [-0.25, -0.2) is 4.98 Å². The van der Waals surface area contributed by atoms with Gasteiger partial charge in [0.25, 0.3) is 5.78 Å². The Labute approximate surface area is 237 Å². The number of benzene rings is 3. The lowest BCUT2D eigenvalue weighted by Crippen LogP contribution is -2.29. The largest absolute Gasteiger partial charge is 0.507 e. The van der Waals surface area contributed by atoms with Crippen LogP contribution in [-0.4, -0.2) is 35.0 Å². The van der Waals surface area contributed by atoms with Crippen LogP contribution in [0.15, 0.2) is 72.3 Å². The first-order valence-corrected chi connectivity index (χ1v) is 14.4. The molecule has 0 aliphatic carbocycles. The predicted octanol–water partition coefficient (Wildman–Crippen LogP) is 7.20. The zero-order valence-electron chi connectivity index (χ0n) is 22.8. The van der Waals surface area contributed by atoms with E-state index in [9.17, 15) is 14.7 Å². The summed E-state index contributed by atoms with van der Waals surface area (Å²) in [6.07, 6.45) is 3.09. The smallest absolute Gasteiger partial charge is 0.301 e. The summed E-state index contributed by atoms with van der Waals surface area (Å²) in [5, 5.41) is 11.9. The summed E-state index contributed by atoms with van der Waals surface area (Å²) in [5.41, 5.74) is 2.89. The monoisotopic (exact) mass is 556 g/mol. The number of hydrogen-bond acceptors (Lipinski definition) is 7. The molecule has 4 aromatic rings. The molecule has 7 nitrogen and oxygen atoms in total. The van der Waals surface area contributed by atoms with Crippen LogP contribution in [0.4, 0.5) is 5.13 Å². The van der Waals surface area contributed by atoms with Gasteiger partial charge in [-0.3, -0.25) is 14.5 Å². The highest BCUT2D eigenvalue weighted by molar-refractivity contribution is 7.22. The van der Waals surface area contributed by atoms with Crippen LogP contribution in [0.5, 0.6) is 11.5 Å². The van der Waals surface area contributed by atoms with Crippen LogP contribution >= 0.6 is 11.3 Å². The number of ether oxygens (including phenoxy) is 2. The number of ketones is 1. The number of unbranched alkanes of at least 4 members (excludes halogenated alkanes) is 2. The fourth-order valence-corrected chi connectivity index (χ4v) is 5.91. The number of carbonyl (C=O) groups excluding carboxylic acids is 2. The molecule has 0 spiro atoms. The van der Waals surface area contributed by atoms with E-state index < -0.39 is 17.7 Å². The Kier molecular flexibility index (Phi) is 8.16. The number of aliphatic hydroxyl groups excluding tert-OH is 1. The van der Waals surface area contributed by atoms with Gasteiger partial charge in [-0.15, -0.1) is 0 Å². The van der Waals surface area contributed by atoms with Crippen LogP contribution in [0.25, 0.3) is 16.0 Å². The second kappa shape index (κ2) is 11.9. The molecule has 0 radical (unpaired) electrons. The van der Waals surface area contributed by atoms with E-state index in [0.29, 0.717) is 41.0 Å². The molecular formula is C32H32N2O5S. The van der Waals surface area contributed by atoms with Gasteiger partial charge in [0.2, 0.25) is 0 Å². The minimum Gasteiger partial charge on any atom is -0.507 e. The van der Waals surface area contributed by atoms with Gasteiger partial charge < -0.3 is 14.6 Å². The van der Waals surface area contributed by atoms with Crippen molar-refractivity contribution in [1.29, 1.82) is 0 Å². The zero-order chi connectivity index (χ0) is 28.2. The molecule has 8 heteroatoms. The number of nitrogens with zero attached hydrogens (tertiary/aromatic N) is 2. The van der Waals surface area contributed by atoms with Crippen molar-refractivity contribution in [3.8, 4) is 11.5 Å². The van der Waals surface area contributed by atoms with Crippen LogP contribution < -0.4 is 14.4 Å². The maximum Gasteiger partial charge on any atom is 0.301 e. The molecule has 1 unspecified atom stereocenters. The topological polar surface area (TPSA) is 89.0 Å². The first-order chi connectivity index (χ1) is 19.4. The number of anilines is 1. The first kappa shape index (κ1) is 27.4. The second-order valence-corrected chi connectivity index (χ2v) is 10.7. The molecule has 1 aliphatic heterocycles.